The summed E-state index contributed by atoms with van der Waals surface area (Å²) in [6, 6.07) is 3.17. The minimum absolute atomic E-state index is 0.119. The first-order valence-corrected chi connectivity index (χ1v) is 4.80. The summed E-state index contributed by atoms with van der Waals surface area (Å²) < 4.78 is 38.3. The molecule has 2 rings (SSSR count). The topological polar surface area (TPSA) is 53.1 Å². The second-order valence-electron chi connectivity index (χ2n) is 3.37. The number of rotatable bonds is 0. The van der Waals surface area contributed by atoms with Crippen LogP contribution in [0.1, 0.15) is 5.56 Å². The van der Waals surface area contributed by atoms with Crippen LogP contribution in [-0.2, 0) is 6.18 Å². The van der Waals surface area contributed by atoms with Gasteiger partial charge in [0.1, 0.15) is 10.8 Å². The van der Waals surface area contributed by atoms with Crippen molar-refractivity contribution in [1.29, 1.82) is 0 Å². The molecule has 0 spiro atoms. The van der Waals surface area contributed by atoms with Crippen LogP contribution in [0.5, 0.6) is 5.75 Å². The van der Waals surface area contributed by atoms with Crippen molar-refractivity contribution in [2.24, 2.45) is 0 Å². The van der Waals surface area contributed by atoms with E-state index in [-0.39, 0.29) is 16.7 Å². The number of H-pyrrole nitrogens is 1. The van der Waals surface area contributed by atoms with Crippen LogP contribution >= 0.6 is 11.6 Å². The Morgan fingerprint density at radius 2 is 1.94 bits per heavy atom. The van der Waals surface area contributed by atoms with E-state index < -0.39 is 22.3 Å². The maximum atomic E-state index is 12.8. The number of halogens is 4. The Bertz CT molecular complexity index is 648. The minimum atomic E-state index is -4.74. The highest BCUT2D eigenvalue weighted by atomic mass is 35.5. The molecule has 0 aliphatic heterocycles. The molecule has 90 valence electrons. The van der Waals surface area contributed by atoms with Crippen LogP contribution in [0.2, 0.25) is 5.02 Å². The molecule has 1 heterocycles. The van der Waals surface area contributed by atoms with Gasteiger partial charge in [-0.3, -0.25) is 4.79 Å². The monoisotopic (exact) mass is 263 g/mol. The molecule has 1 aromatic carbocycles. The number of hydrogen-bond acceptors (Lipinski definition) is 2. The molecular formula is C10H5ClF3NO2. The first-order chi connectivity index (χ1) is 7.80. The standard InChI is InChI=1S/C10H5ClF3NO2/c11-8-7(10(12,13)14)5-2-1-4(16)3-6(5)15-9(8)17/h1-3,16H,(H,15,17). The van der Waals surface area contributed by atoms with Gasteiger partial charge in [-0.15, -0.1) is 0 Å². The zero-order valence-corrected chi connectivity index (χ0v) is 8.86. The van der Waals surface area contributed by atoms with E-state index >= 15 is 0 Å². The Balaban J connectivity index is 2.98. The summed E-state index contributed by atoms with van der Waals surface area (Å²) in [6.07, 6.45) is -4.74. The van der Waals surface area contributed by atoms with Crippen molar-refractivity contribution in [2.45, 2.75) is 6.18 Å². The number of nitrogens with one attached hydrogen (secondary N) is 1. The van der Waals surface area contributed by atoms with Gasteiger partial charge >= 0.3 is 6.18 Å². The lowest BCUT2D eigenvalue weighted by molar-refractivity contribution is -0.136. The predicted molar refractivity (Wildman–Crippen MR) is 56.2 cm³/mol. The molecule has 0 bridgehead atoms. The fourth-order valence-electron chi connectivity index (χ4n) is 1.54. The van der Waals surface area contributed by atoms with E-state index in [1.54, 1.807) is 0 Å². The van der Waals surface area contributed by atoms with Gasteiger partial charge < -0.3 is 10.1 Å². The minimum Gasteiger partial charge on any atom is -0.508 e. The number of hydrogen-bond donors (Lipinski definition) is 2. The molecule has 2 N–H and O–H groups in total. The molecule has 0 saturated heterocycles. The number of aromatic hydroxyl groups is 1. The lowest BCUT2D eigenvalue weighted by Crippen LogP contribution is -2.16. The van der Waals surface area contributed by atoms with Gasteiger partial charge in [0.05, 0.1) is 11.1 Å². The van der Waals surface area contributed by atoms with E-state index in [4.69, 9.17) is 16.7 Å². The molecule has 3 nitrogen and oxygen atoms in total. The highest BCUT2D eigenvalue weighted by Crippen LogP contribution is 2.38. The van der Waals surface area contributed by atoms with E-state index in [1.807, 2.05) is 0 Å². The summed E-state index contributed by atoms with van der Waals surface area (Å²) in [5.41, 5.74) is -2.36. The molecule has 0 radical (unpaired) electrons. The Morgan fingerprint density at radius 3 is 2.53 bits per heavy atom. The molecule has 0 amide bonds. The molecular weight excluding hydrogens is 259 g/mol. The summed E-state index contributed by atoms with van der Waals surface area (Å²) in [5, 5.41) is 7.98. The summed E-state index contributed by atoms with van der Waals surface area (Å²) in [5.74, 6) is -0.247. The molecule has 0 unspecified atom stereocenters. The van der Waals surface area contributed by atoms with Crippen molar-refractivity contribution in [2.75, 3.05) is 0 Å². The fourth-order valence-corrected chi connectivity index (χ4v) is 1.80. The number of aromatic amines is 1. The van der Waals surface area contributed by atoms with E-state index in [0.717, 1.165) is 18.2 Å². The average Bonchev–Trinajstić information content (AvgIpc) is 2.18. The maximum Gasteiger partial charge on any atom is 0.418 e. The summed E-state index contributed by atoms with van der Waals surface area (Å²) in [6.45, 7) is 0. The highest BCUT2D eigenvalue weighted by molar-refractivity contribution is 6.32. The van der Waals surface area contributed by atoms with Gasteiger partial charge in [-0.1, -0.05) is 11.6 Å². The van der Waals surface area contributed by atoms with Crippen molar-refractivity contribution in [3.8, 4) is 5.75 Å². The van der Waals surface area contributed by atoms with Crippen LogP contribution in [0.15, 0.2) is 23.0 Å². The van der Waals surface area contributed by atoms with E-state index in [1.165, 1.54) is 0 Å². The quantitative estimate of drug-likeness (QED) is 0.768. The SMILES string of the molecule is O=c1[nH]c2cc(O)ccc2c(C(F)(F)F)c1Cl. The van der Waals surface area contributed by atoms with Gasteiger partial charge in [-0.25, -0.2) is 0 Å². The van der Waals surface area contributed by atoms with Crippen molar-refractivity contribution in [3.63, 3.8) is 0 Å². The Kier molecular flexibility index (Phi) is 2.54. The number of fused-ring (bicyclic) bond motifs is 1. The molecule has 17 heavy (non-hydrogen) atoms. The fraction of sp³-hybridized carbons (Fsp3) is 0.100. The summed E-state index contributed by atoms with van der Waals surface area (Å²) in [7, 11) is 0. The zero-order valence-electron chi connectivity index (χ0n) is 8.10. The average molecular weight is 264 g/mol. The lowest BCUT2D eigenvalue weighted by Gasteiger charge is -2.11. The van der Waals surface area contributed by atoms with Crippen LogP contribution in [0, 0.1) is 0 Å². The molecule has 0 saturated carbocycles. The second-order valence-corrected chi connectivity index (χ2v) is 3.75. The predicted octanol–water partition coefficient (Wildman–Crippen LogP) is 2.91. The zero-order chi connectivity index (χ0) is 12.8. The van der Waals surface area contributed by atoms with Crippen LogP contribution in [0.3, 0.4) is 0 Å². The first-order valence-electron chi connectivity index (χ1n) is 4.42. The molecule has 0 atom stereocenters. The Labute approximate surface area is 97.5 Å². The number of benzene rings is 1. The number of pyridine rings is 1. The van der Waals surface area contributed by atoms with Gasteiger partial charge in [-0.05, 0) is 12.1 Å². The molecule has 2 aromatic rings. The number of phenols is 1. The molecule has 7 heteroatoms. The van der Waals surface area contributed by atoms with Gasteiger partial charge in [0.15, 0.2) is 0 Å². The number of phenolic OH excluding ortho intramolecular Hbond substituents is 1. The van der Waals surface area contributed by atoms with Crippen molar-refractivity contribution < 1.29 is 18.3 Å². The third-order valence-corrected chi connectivity index (χ3v) is 2.58. The van der Waals surface area contributed by atoms with E-state index in [0.29, 0.717) is 0 Å². The Hall–Kier alpha value is -1.69. The second kappa shape index (κ2) is 3.66. The van der Waals surface area contributed by atoms with Gasteiger partial charge in [-0.2, -0.15) is 13.2 Å². The highest BCUT2D eigenvalue weighted by Gasteiger charge is 2.36. The van der Waals surface area contributed by atoms with Crippen molar-refractivity contribution in [1.82, 2.24) is 4.98 Å². The molecule has 0 aliphatic carbocycles. The van der Waals surface area contributed by atoms with Gasteiger partial charge in [0, 0.05) is 11.5 Å². The molecule has 0 aliphatic rings. The van der Waals surface area contributed by atoms with Gasteiger partial charge in [0.2, 0.25) is 0 Å². The van der Waals surface area contributed by atoms with Crippen molar-refractivity contribution in [3.05, 3.63) is 39.1 Å². The molecule has 1 aromatic heterocycles. The first kappa shape index (κ1) is 11.8. The number of alkyl halides is 3. The van der Waals surface area contributed by atoms with Crippen LogP contribution in [-0.4, -0.2) is 10.1 Å². The third kappa shape index (κ3) is 1.95. The summed E-state index contributed by atoms with van der Waals surface area (Å²) >= 11 is 5.37. The van der Waals surface area contributed by atoms with E-state index in [9.17, 15) is 18.0 Å². The normalized spacial score (nSPS) is 12.0. The number of aromatic nitrogens is 1. The van der Waals surface area contributed by atoms with Crippen LogP contribution < -0.4 is 5.56 Å². The molecule has 0 fully saturated rings. The maximum absolute atomic E-state index is 12.8. The van der Waals surface area contributed by atoms with Crippen LogP contribution in [0.4, 0.5) is 13.2 Å². The lowest BCUT2D eigenvalue weighted by atomic mass is 10.1. The third-order valence-electron chi connectivity index (χ3n) is 2.22. The van der Waals surface area contributed by atoms with Crippen molar-refractivity contribution >= 4 is 22.5 Å². The Morgan fingerprint density at radius 1 is 1.29 bits per heavy atom. The van der Waals surface area contributed by atoms with Crippen LogP contribution in [0.25, 0.3) is 10.9 Å². The van der Waals surface area contributed by atoms with E-state index in [2.05, 4.69) is 4.98 Å². The summed E-state index contributed by atoms with van der Waals surface area (Å²) in [4.78, 5) is 13.4. The van der Waals surface area contributed by atoms with Gasteiger partial charge in [0.25, 0.3) is 5.56 Å². The largest absolute Gasteiger partial charge is 0.508 e. The smallest absolute Gasteiger partial charge is 0.418 e.